The quantitative estimate of drug-likeness (QED) is 0.0245. The number of rotatable bonds is 26. The Labute approximate surface area is 780 Å². The first kappa shape index (κ1) is 105. The van der Waals surface area contributed by atoms with Crippen molar-refractivity contribution >= 4 is 146 Å². The van der Waals surface area contributed by atoms with E-state index in [1.54, 1.807) is 67.8 Å². The van der Waals surface area contributed by atoms with Gasteiger partial charge in [-0.1, -0.05) is 88.1 Å². The number of aromatic nitrogens is 4. The van der Waals surface area contributed by atoms with Gasteiger partial charge in [0, 0.05) is 119 Å². The first-order valence-corrected chi connectivity index (χ1v) is 45.7. The van der Waals surface area contributed by atoms with Gasteiger partial charge < -0.3 is 131 Å². The van der Waals surface area contributed by atoms with Crippen LogP contribution in [-0.2, 0) is 117 Å². The molecule has 24 N–H and O–H groups in total. The fraction of sp³-hybridized carbons (Fsp3) is 0.506. The normalized spacial score (nSPS) is 24.7. The van der Waals surface area contributed by atoms with Gasteiger partial charge in [0.15, 0.2) is 0 Å². The van der Waals surface area contributed by atoms with Crippen molar-refractivity contribution in [2.24, 2.45) is 22.9 Å². The van der Waals surface area contributed by atoms with E-state index in [0.29, 0.717) is 69.5 Å². The minimum atomic E-state index is -1.96. The van der Waals surface area contributed by atoms with Crippen LogP contribution in [0.1, 0.15) is 133 Å². The zero-order valence-corrected chi connectivity index (χ0v) is 76.7. The van der Waals surface area contributed by atoms with Gasteiger partial charge in [-0.15, -0.1) is 11.8 Å². The molecule has 6 heterocycles. The van der Waals surface area contributed by atoms with E-state index in [9.17, 15) is 72.9 Å². The molecule has 3 aliphatic rings. The second kappa shape index (κ2) is 49.6. The molecule has 0 aliphatic carbocycles. The van der Waals surface area contributed by atoms with E-state index >= 15 is 33.6 Å². The highest BCUT2D eigenvalue weighted by Gasteiger charge is 2.47. The molecule has 1 unspecified atom stereocenters. The van der Waals surface area contributed by atoms with Crippen LogP contribution in [0.5, 0.6) is 5.75 Å². The maximum absolute atomic E-state index is 15.8. The van der Waals surface area contributed by atoms with Gasteiger partial charge in [0.25, 0.3) is 0 Å². The number of primary amides is 3. The molecule has 15 atom stereocenters. The number of fused-ring (bicyclic) bond motifs is 4. The number of phenols is 1. The highest BCUT2D eigenvalue weighted by atomic mass is 32.2. The van der Waals surface area contributed by atoms with Crippen LogP contribution in [0, 0.1) is 0 Å². The number of aliphatic hydroxyl groups excluding tert-OH is 1. The van der Waals surface area contributed by atoms with Gasteiger partial charge in [0.1, 0.15) is 90.3 Å². The van der Waals surface area contributed by atoms with Gasteiger partial charge >= 0.3 is 5.97 Å². The molecular formula is C89H121N23O22S. The Balaban J connectivity index is 1.11. The number of carbonyl (C=O) groups excluding carboxylic acids is 18. The molecular weight excluding hydrogens is 1780 g/mol. The average molecular weight is 1900 g/mol. The van der Waals surface area contributed by atoms with E-state index in [1.165, 1.54) is 64.9 Å². The fourth-order valence-corrected chi connectivity index (χ4v) is 17.3. The summed E-state index contributed by atoms with van der Waals surface area (Å²) in [4.78, 5) is 293. The molecule has 0 bridgehead atoms. The summed E-state index contributed by atoms with van der Waals surface area (Å²) in [6, 6.07) is -3.61. The van der Waals surface area contributed by atoms with Crippen LogP contribution in [0.3, 0.4) is 0 Å². The highest BCUT2D eigenvalue weighted by Crippen LogP contribution is 2.28. The topological polar surface area (TPSA) is 686 Å². The molecule has 18 amide bonds. The van der Waals surface area contributed by atoms with Gasteiger partial charge in [-0.2, -0.15) is 0 Å². The number of hydrogen-bond donors (Lipinski definition) is 20. The Morgan fingerprint density at radius 1 is 0.519 bits per heavy atom. The fourth-order valence-electron chi connectivity index (χ4n) is 16.5. The summed E-state index contributed by atoms with van der Waals surface area (Å²) in [7, 11) is 3.80. The lowest BCUT2D eigenvalue weighted by Gasteiger charge is -2.36. The maximum Gasteiger partial charge on any atom is 0.303 e. The third-order valence-corrected chi connectivity index (χ3v) is 25.0. The zero-order valence-electron chi connectivity index (χ0n) is 75.9. The molecule has 6 aromatic rings. The summed E-state index contributed by atoms with van der Waals surface area (Å²) in [6.45, 7) is 3.02. The first-order chi connectivity index (χ1) is 64.3. The number of aromatic amines is 3. The number of nitrogens with one attached hydrogen (secondary N) is 13. The van der Waals surface area contributed by atoms with Crippen molar-refractivity contribution in [2.75, 3.05) is 58.8 Å². The summed E-state index contributed by atoms with van der Waals surface area (Å²) in [5, 5.41) is 58.6. The van der Waals surface area contributed by atoms with Crippen LogP contribution >= 0.6 is 11.8 Å². The summed E-state index contributed by atoms with van der Waals surface area (Å²) in [5.74, 6) is -21.2. The van der Waals surface area contributed by atoms with Crippen molar-refractivity contribution in [1.82, 2.24) is 97.6 Å². The number of thioether (sulfide) groups is 1. The van der Waals surface area contributed by atoms with E-state index in [-0.39, 0.29) is 82.3 Å². The predicted octanol–water partition coefficient (Wildman–Crippen LogP) is -4.14. The third kappa shape index (κ3) is 29.0. The maximum atomic E-state index is 15.8. The van der Waals surface area contributed by atoms with Crippen LogP contribution in [0.25, 0.3) is 21.8 Å². The Kier molecular flexibility index (Phi) is 38.5. The van der Waals surface area contributed by atoms with E-state index < -0.39 is 266 Å². The molecule has 3 aromatic heterocycles. The molecule has 3 aromatic carbocycles. The number of amides is 18. The smallest absolute Gasteiger partial charge is 0.303 e. The van der Waals surface area contributed by atoms with Crippen LogP contribution in [0.15, 0.2) is 97.7 Å². The van der Waals surface area contributed by atoms with Gasteiger partial charge in [0.05, 0.1) is 43.3 Å². The number of aliphatic hydroxyl groups is 1. The number of carbonyl (C=O) groups is 19. The molecule has 0 radical (unpaired) electrons. The summed E-state index contributed by atoms with van der Waals surface area (Å²) >= 11 is 0.699. The number of phenolic OH excluding ortho intramolecular Hbond substituents is 1. The summed E-state index contributed by atoms with van der Waals surface area (Å²) in [5.41, 5.74) is 25.8. The second-order valence-corrected chi connectivity index (χ2v) is 34.9. The number of unbranched alkanes of at least 4 members (excludes halogenated alkanes) is 2. The molecule has 3 fully saturated rings. The summed E-state index contributed by atoms with van der Waals surface area (Å²) in [6.07, 6.45) is 0.411. The standard InChI is InChI=1S/C89H121N23O22S/c1-7-9-20-67-82(127)101-58(27-28-75(119)120)78(123)107-66(77(122)97-42-73(93)117)44-135-45-74(118)99-62(32-48-23-25-52(113)26-24-48)85(130)108(4)47(3)76(121)104-64(37-71(91)115)87(132)111-31-15-22-68(111)83(128)103-61(35-51-41-94-46-98-51)81(126)106-65(38-72(92)116)88(133)112-43-53(114)36-70(112)84(129)102-60(33-49-39-95-56-18-13-11-16-54(49)56)80(125)100-59(29-30-90)79(124)105-63(34-50-40-96-57-19-14-12-17-55(50)57)86(131)110(6)69(21-10-8-2)89(134)109(67)5/h11-14,16-19,23-26,39-41,46-47,53,58-70,95-96,113-114H,7-10,15,20-22,27-38,42-45,90H2,1-6H3,(H2,91,115)(H2,92,116)(H2,93,117)(H,94,98)(H,97,122)(H,99,118)(H,100,125)(H,101,127)(H,102,129)(H,103,128)(H,104,121)(H,105,124)(H,106,126)(H,107,123)(H,119,120)/t47-,53+,58-,59-,60-,61-,62-,63-,64-,65-,66?,67-,68-,69-,70-/m0/s1. The number of nitrogens with zero attached hydrogens (tertiary/aromatic N) is 6. The number of benzene rings is 3. The number of hydrogen-bond acceptors (Lipinski definition) is 24. The monoisotopic (exact) mass is 1900 g/mol. The molecule has 45 nitrogen and oxygen atoms in total. The van der Waals surface area contributed by atoms with Crippen molar-refractivity contribution in [2.45, 2.75) is 227 Å². The van der Waals surface area contributed by atoms with E-state index in [1.807, 2.05) is 6.92 Å². The SMILES string of the molecule is CCCC[C@H]1C(=O)N(C)[C@@H](CCCC)C(=O)N[C@@H](CCC(=O)O)C(=O)NC(C(=O)NCC(N)=O)CSCC(=O)N[C@@H](Cc2ccc(O)cc2)C(=O)N(C)[C@@H](C)C(=O)N[C@@H](CC(N)=O)C(=O)N2CCC[C@H]2C(=O)N[C@@H](Cc2c[nH]cn2)C(=O)N[C@@H](CC(N)=O)C(=O)N2C[C@H](O)C[C@H]2C(=O)N[C@@H](Cc2c[nH]c3ccccc23)C(=O)N[C@@H](CCN)C(=O)N[C@@H](Cc2c[nH]c3ccccc23)C(=O)N1C. The van der Waals surface area contributed by atoms with E-state index in [4.69, 9.17) is 22.9 Å². The highest BCUT2D eigenvalue weighted by molar-refractivity contribution is 8.00. The van der Waals surface area contributed by atoms with Crippen molar-refractivity contribution < 1.29 is 106 Å². The Bertz CT molecular complexity index is 5280. The zero-order chi connectivity index (χ0) is 98.6. The average Bonchev–Trinajstić information content (AvgIpc) is 1.76. The van der Waals surface area contributed by atoms with Crippen LogP contribution in [-0.4, -0.2) is 322 Å². The molecule has 9 rings (SSSR count). The number of carboxylic acids is 1. The van der Waals surface area contributed by atoms with Crippen molar-refractivity contribution in [3.63, 3.8) is 0 Å². The molecule has 730 valence electrons. The molecule has 3 aliphatic heterocycles. The van der Waals surface area contributed by atoms with Crippen LogP contribution in [0.4, 0.5) is 0 Å². The van der Waals surface area contributed by atoms with Crippen molar-refractivity contribution in [3.8, 4) is 5.75 Å². The molecule has 46 heteroatoms. The van der Waals surface area contributed by atoms with E-state index in [0.717, 1.165) is 24.5 Å². The van der Waals surface area contributed by atoms with Gasteiger partial charge in [-0.25, -0.2) is 4.98 Å². The lowest BCUT2D eigenvalue weighted by Crippen LogP contribution is -2.61. The Hall–Kier alpha value is -14.1. The minimum absolute atomic E-state index is 0.0396. The third-order valence-electron chi connectivity index (χ3n) is 23.9. The lowest BCUT2D eigenvalue weighted by molar-refractivity contribution is -0.149. The predicted molar refractivity (Wildman–Crippen MR) is 488 cm³/mol. The number of aliphatic carboxylic acids is 1. The molecule has 135 heavy (non-hydrogen) atoms. The van der Waals surface area contributed by atoms with Crippen LogP contribution in [0.2, 0.25) is 0 Å². The van der Waals surface area contributed by atoms with Gasteiger partial charge in [-0.05, 0) is 92.9 Å². The molecule has 0 spiro atoms. The number of likely N-dealkylation sites (N-methyl/N-ethyl adjacent to an activating group) is 3. The van der Waals surface area contributed by atoms with Crippen LogP contribution < -0.4 is 76.1 Å². The minimum Gasteiger partial charge on any atom is -0.508 e. The molecule has 0 saturated carbocycles. The Morgan fingerprint density at radius 2 is 1.02 bits per heavy atom. The summed E-state index contributed by atoms with van der Waals surface area (Å²) < 4.78 is 0. The first-order valence-electron chi connectivity index (χ1n) is 44.6. The number of para-hydroxylation sites is 2. The lowest BCUT2D eigenvalue weighted by atomic mass is 9.99. The number of carboxylic acid groups (broad SMARTS) is 1. The van der Waals surface area contributed by atoms with Crippen molar-refractivity contribution in [3.05, 3.63) is 120 Å². The number of aromatic hydroxyl groups is 1. The number of nitrogens with two attached hydrogens (primary N) is 4. The van der Waals surface area contributed by atoms with Gasteiger partial charge in [0.2, 0.25) is 106 Å². The van der Waals surface area contributed by atoms with Crippen molar-refractivity contribution in [1.29, 1.82) is 0 Å². The number of H-pyrrole nitrogens is 3. The molecule has 3 saturated heterocycles. The van der Waals surface area contributed by atoms with Gasteiger partial charge in [-0.3, -0.25) is 91.1 Å². The largest absolute Gasteiger partial charge is 0.508 e. The second-order valence-electron chi connectivity index (χ2n) is 33.8. The van der Waals surface area contributed by atoms with E-state index in [2.05, 4.69) is 73.1 Å². The number of imidazole rings is 1. The Morgan fingerprint density at radius 3 is 1.60 bits per heavy atom.